The van der Waals surface area contributed by atoms with Crippen LogP contribution in [-0.4, -0.2) is 23.4 Å². The third kappa shape index (κ3) is 5.05. The lowest BCUT2D eigenvalue weighted by atomic mass is 10.1. The van der Waals surface area contributed by atoms with E-state index in [0.717, 1.165) is 21.1 Å². The zero-order valence-corrected chi connectivity index (χ0v) is 20.4. The van der Waals surface area contributed by atoms with E-state index in [4.69, 9.17) is 13.9 Å². The monoisotopic (exact) mass is 528 g/mol. The van der Waals surface area contributed by atoms with Gasteiger partial charge in [0.25, 0.3) is 0 Å². The largest absolute Gasteiger partial charge is 0.507 e. The van der Waals surface area contributed by atoms with Gasteiger partial charge < -0.3 is 19.0 Å². The molecule has 6 nitrogen and oxygen atoms in total. The highest BCUT2D eigenvalue weighted by molar-refractivity contribution is 9.10. The van der Waals surface area contributed by atoms with Crippen molar-refractivity contribution in [3.8, 4) is 28.7 Å². The fourth-order valence-electron chi connectivity index (χ4n) is 3.60. The number of fused-ring (bicyclic) bond motifs is 1. The van der Waals surface area contributed by atoms with Gasteiger partial charge in [0.1, 0.15) is 17.9 Å². The van der Waals surface area contributed by atoms with Gasteiger partial charge in [0.15, 0.2) is 17.1 Å². The molecule has 1 heterocycles. The van der Waals surface area contributed by atoms with Crippen molar-refractivity contribution in [3.05, 3.63) is 101 Å². The molecule has 5 rings (SSSR count). The highest BCUT2D eigenvalue weighted by Gasteiger charge is 2.14. The molecule has 0 amide bonds. The van der Waals surface area contributed by atoms with Gasteiger partial charge in [-0.3, -0.25) is 4.99 Å². The highest BCUT2D eigenvalue weighted by atomic mass is 79.9. The van der Waals surface area contributed by atoms with Crippen LogP contribution < -0.4 is 9.47 Å². The number of phenolic OH excluding ortho intramolecular Hbond substituents is 1. The Morgan fingerprint density at radius 1 is 1.00 bits per heavy atom. The number of para-hydroxylation sites is 2. The Morgan fingerprint density at radius 3 is 2.60 bits per heavy atom. The number of methoxy groups -OCH3 is 1. The molecule has 4 aromatic carbocycles. The van der Waals surface area contributed by atoms with Gasteiger partial charge in [0.05, 0.1) is 22.8 Å². The molecule has 0 fully saturated rings. The van der Waals surface area contributed by atoms with E-state index < -0.39 is 0 Å². The van der Waals surface area contributed by atoms with Crippen molar-refractivity contribution in [3.63, 3.8) is 0 Å². The first-order chi connectivity index (χ1) is 17.1. The molecule has 0 atom stereocenters. The summed E-state index contributed by atoms with van der Waals surface area (Å²) < 4.78 is 18.1. The molecular weight excluding hydrogens is 508 g/mol. The fourth-order valence-corrected chi connectivity index (χ4v) is 4.17. The van der Waals surface area contributed by atoms with E-state index in [2.05, 4.69) is 25.9 Å². The van der Waals surface area contributed by atoms with Gasteiger partial charge in [-0.2, -0.15) is 0 Å². The Labute approximate surface area is 210 Å². The molecule has 0 aliphatic carbocycles. The van der Waals surface area contributed by atoms with E-state index in [0.29, 0.717) is 40.8 Å². The van der Waals surface area contributed by atoms with Crippen molar-refractivity contribution in [1.82, 2.24) is 4.98 Å². The average molecular weight is 529 g/mol. The number of hydrogen-bond acceptors (Lipinski definition) is 6. The quantitative estimate of drug-likeness (QED) is 0.224. The molecule has 1 aromatic heterocycles. The van der Waals surface area contributed by atoms with Crippen LogP contribution >= 0.6 is 15.9 Å². The van der Waals surface area contributed by atoms with Crippen LogP contribution in [0.1, 0.15) is 11.1 Å². The van der Waals surface area contributed by atoms with Gasteiger partial charge in [0, 0.05) is 6.21 Å². The van der Waals surface area contributed by atoms with E-state index in [1.54, 1.807) is 31.5 Å². The number of benzene rings is 4. The van der Waals surface area contributed by atoms with Gasteiger partial charge in [-0.05, 0) is 69.5 Å². The SMILES string of the molecule is COc1cc(C=Nc2ccc(O)c(-c3nc4ccccc4o3)c2)cc(Br)c1OCc1ccccc1. The molecule has 174 valence electrons. The van der Waals surface area contributed by atoms with Crippen LogP contribution in [0.25, 0.3) is 22.6 Å². The maximum Gasteiger partial charge on any atom is 0.231 e. The predicted molar refractivity (Wildman–Crippen MR) is 140 cm³/mol. The number of halogens is 1. The van der Waals surface area contributed by atoms with E-state index in [9.17, 15) is 5.11 Å². The van der Waals surface area contributed by atoms with Gasteiger partial charge in [-0.25, -0.2) is 4.98 Å². The highest BCUT2D eigenvalue weighted by Crippen LogP contribution is 2.37. The molecule has 0 spiro atoms. The number of aromatic nitrogens is 1. The van der Waals surface area contributed by atoms with Gasteiger partial charge in [-0.1, -0.05) is 42.5 Å². The summed E-state index contributed by atoms with van der Waals surface area (Å²) in [5.74, 6) is 1.62. The van der Waals surface area contributed by atoms with Crippen LogP contribution in [0.4, 0.5) is 5.69 Å². The fraction of sp³-hybridized carbons (Fsp3) is 0.0714. The van der Waals surface area contributed by atoms with E-state index in [1.807, 2.05) is 66.7 Å². The molecular formula is C28H21BrN2O4. The van der Waals surface area contributed by atoms with E-state index in [-0.39, 0.29) is 5.75 Å². The summed E-state index contributed by atoms with van der Waals surface area (Å²) in [6, 6.07) is 26.2. The first kappa shape index (κ1) is 22.7. The number of nitrogens with zero attached hydrogens (tertiary/aromatic N) is 2. The lowest BCUT2D eigenvalue weighted by Gasteiger charge is -2.13. The first-order valence-electron chi connectivity index (χ1n) is 10.9. The molecule has 5 aromatic rings. The standard InChI is InChI=1S/C28H21BrN2O4/c1-33-26-14-19(13-22(29)27(26)34-17-18-7-3-2-4-8-18)16-30-20-11-12-24(32)21(15-20)28-31-23-9-5-6-10-25(23)35-28/h2-16,32H,17H2,1H3. The predicted octanol–water partition coefficient (Wildman–Crippen LogP) is 7.30. The average Bonchev–Trinajstić information content (AvgIpc) is 3.32. The lowest BCUT2D eigenvalue weighted by molar-refractivity contribution is 0.282. The molecule has 0 unspecified atom stereocenters. The second kappa shape index (κ2) is 10.0. The van der Waals surface area contributed by atoms with Crippen LogP contribution in [0.15, 0.2) is 98.8 Å². The first-order valence-corrected chi connectivity index (χ1v) is 11.7. The Kier molecular flexibility index (Phi) is 6.50. The molecule has 0 saturated heterocycles. The van der Waals surface area contributed by atoms with E-state index >= 15 is 0 Å². The number of ether oxygens (including phenoxy) is 2. The summed E-state index contributed by atoms with van der Waals surface area (Å²) in [6.07, 6.45) is 1.72. The summed E-state index contributed by atoms with van der Waals surface area (Å²) in [6.45, 7) is 0.426. The van der Waals surface area contributed by atoms with Crippen molar-refractivity contribution >= 4 is 38.9 Å². The van der Waals surface area contributed by atoms with Crippen molar-refractivity contribution in [2.24, 2.45) is 4.99 Å². The second-order valence-electron chi connectivity index (χ2n) is 7.75. The summed E-state index contributed by atoms with van der Waals surface area (Å²) in [4.78, 5) is 9.05. The van der Waals surface area contributed by atoms with Crippen LogP contribution in [0.3, 0.4) is 0 Å². The summed E-state index contributed by atoms with van der Waals surface area (Å²) in [7, 11) is 1.60. The third-order valence-corrected chi connectivity index (χ3v) is 5.93. The van der Waals surface area contributed by atoms with Crippen molar-refractivity contribution < 1.29 is 19.0 Å². The number of hydrogen-bond donors (Lipinski definition) is 1. The maximum atomic E-state index is 10.4. The minimum atomic E-state index is 0.0693. The summed E-state index contributed by atoms with van der Waals surface area (Å²) in [5, 5.41) is 10.4. The Morgan fingerprint density at radius 2 is 1.80 bits per heavy atom. The second-order valence-corrected chi connectivity index (χ2v) is 8.61. The van der Waals surface area contributed by atoms with E-state index in [1.165, 1.54) is 0 Å². The zero-order valence-electron chi connectivity index (χ0n) is 18.8. The zero-order chi connectivity index (χ0) is 24.2. The summed E-state index contributed by atoms with van der Waals surface area (Å²) >= 11 is 3.59. The smallest absolute Gasteiger partial charge is 0.231 e. The number of rotatable bonds is 7. The Balaban J connectivity index is 1.39. The number of aliphatic imine (C=N–C) groups is 1. The summed E-state index contributed by atoms with van der Waals surface area (Å²) in [5.41, 5.74) is 4.37. The van der Waals surface area contributed by atoms with Gasteiger partial charge in [0.2, 0.25) is 5.89 Å². The molecule has 7 heteroatoms. The van der Waals surface area contributed by atoms with Crippen molar-refractivity contribution in [1.29, 1.82) is 0 Å². The third-order valence-electron chi connectivity index (χ3n) is 5.34. The molecule has 0 radical (unpaired) electrons. The minimum absolute atomic E-state index is 0.0693. The molecule has 0 saturated carbocycles. The minimum Gasteiger partial charge on any atom is -0.507 e. The van der Waals surface area contributed by atoms with Crippen LogP contribution in [-0.2, 0) is 6.61 Å². The number of aromatic hydroxyl groups is 1. The Hall–Kier alpha value is -4.10. The molecule has 1 N–H and O–H groups in total. The molecule has 0 aliphatic heterocycles. The number of oxazole rings is 1. The number of phenols is 1. The van der Waals surface area contributed by atoms with Crippen molar-refractivity contribution in [2.75, 3.05) is 7.11 Å². The van der Waals surface area contributed by atoms with Crippen LogP contribution in [0, 0.1) is 0 Å². The van der Waals surface area contributed by atoms with Crippen LogP contribution in [0.5, 0.6) is 17.2 Å². The topological polar surface area (TPSA) is 77.1 Å². The normalized spacial score (nSPS) is 11.3. The van der Waals surface area contributed by atoms with Crippen LogP contribution in [0.2, 0.25) is 0 Å². The lowest BCUT2D eigenvalue weighted by Crippen LogP contribution is -1.99. The molecule has 0 aliphatic rings. The molecule has 35 heavy (non-hydrogen) atoms. The van der Waals surface area contributed by atoms with Gasteiger partial charge in [-0.15, -0.1) is 0 Å². The maximum absolute atomic E-state index is 10.4. The van der Waals surface area contributed by atoms with Crippen molar-refractivity contribution in [2.45, 2.75) is 6.61 Å². The van der Waals surface area contributed by atoms with Gasteiger partial charge >= 0.3 is 0 Å². The Bertz CT molecular complexity index is 1480. The molecule has 0 bridgehead atoms.